The molecule has 2 aliphatic rings. The Kier molecular flexibility index (Phi) is 5.29. The summed E-state index contributed by atoms with van der Waals surface area (Å²) in [7, 11) is 0. The van der Waals surface area contributed by atoms with E-state index < -0.39 is 0 Å². The van der Waals surface area contributed by atoms with Crippen LogP contribution in [-0.4, -0.2) is 24.5 Å². The number of hydrogen-bond donors (Lipinski definition) is 1. The molecular weight excluding hydrogens is 419 g/mol. The number of benzene rings is 1. The van der Waals surface area contributed by atoms with Crippen molar-refractivity contribution in [2.24, 2.45) is 5.92 Å². The molecule has 0 spiro atoms. The van der Waals surface area contributed by atoms with E-state index >= 15 is 0 Å². The lowest BCUT2D eigenvalue weighted by Gasteiger charge is -2.31. The third kappa shape index (κ3) is 3.52. The highest BCUT2D eigenvalue weighted by Crippen LogP contribution is 2.41. The molecule has 1 saturated carbocycles. The first-order valence-electron chi connectivity index (χ1n) is 10.5. The fraction of sp³-hybridized carbons (Fsp3) is 0.409. The van der Waals surface area contributed by atoms with Gasteiger partial charge < -0.3 is 5.32 Å². The van der Waals surface area contributed by atoms with Crippen LogP contribution in [0.25, 0.3) is 5.57 Å². The summed E-state index contributed by atoms with van der Waals surface area (Å²) in [6.45, 7) is 2.97. The molecular formula is C22H24Cl2N6. The van der Waals surface area contributed by atoms with Gasteiger partial charge in [0.2, 0.25) is 0 Å². The van der Waals surface area contributed by atoms with Gasteiger partial charge in [0.05, 0.1) is 16.2 Å². The van der Waals surface area contributed by atoms with Crippen molar-refractivity contribution in [2.45, 2.75) is 51.6 Å². The van der Waals surface area contributed by atoms with Crippen LogP contribution < -0.4 is 5.32 Å². The van der Waals surface area contributed by atoms with Gasteiger partial charge in [-0.15, -0.1) is 0 Å². The fourth-order valence-corrected chi connectivity index (χ4v) is 5.01. The molecule has 1 N–H and O–H groups in total. The molecule has 1 aromatic carbocycles. The van der Waals surface area contributed by atoms with E-state index in [4.69, 9.17) is 23.2 Å². The average molecular weight is 443 g/mol. The van der Waals surface area contributed by atoms with E-state index in [0.717, 1.165) is 35.0 Å². The van der Waals surface area contributed by atoms with Crippen LogP contribution in [0.4, 0.5) is 5.82 Å². The van der Waals surface area contributed by atoms with Crippen molar-refractivity contribution in [1.29, 1.82) is 0 Å². The second-order valence-corrected chi connectivity index (χ2v) is 8.98. The summed E-state index contributed by atoms with van der Waals surface area (Å²) in [4.78, 5) is 4.68. The molecule has 156 valence electrons. The van der Waals surface area contributed by atoms with Crippen LogP contribution >= 0.6 is 23.2 Å². The maximum Gasteiger partial charge on any atom is 0.158 e. The summed E-state index contributed by atoms with van der Waals surface area (Å²) in [6, 6.07) is 7.56. The van der Waals surface area contributed by atoms with Gasteiger partial charge in [-0.2, -0.15) is 10.2 Å². The molecule has 0 saturated heterocycles. The molecule has 0 unspecified atom stereocenters. The molecule has 0 bridgehead atoms. The van der Waals surface area contributed by atoms with Gasteiger partial charge in [0, 0.05) is 23.9 Å². The van der Waals surface area contributed by atoms with Gasteiger partial charge in [-0.05, 0) is 43.4 Å². The molecule has 1 aliphatic carbocycles. The van der Waals surface area contributed by atoms with Gasteiger partial charge in [-0.1, -0.05) is 48.5 Å². The van der Waals surface area contributed by atoms with Crippen molar-refractivity contribution < 1.29 is 0 Å². The van der Waals surface area contributed by atoms with E-state index in [1.807, 2.05) is 28.9 Å². The van der Waals surface area contributed by atoms with Gasteiger partial charge >= 0.3 is 0 Å². The van der Waals surface area contributed by atoms with E-state index in [0.29, 0.717) is 16.0 Å². The predicted octanol–water partition coefficient (Wildman–Crippen LogP) is 5.81. The molecule has 1 fully saturated rings. The third-order valence-electron chi connectivity index (χ3n) is 6.18. The summed E-state index contributed by atoms with van der Waals surface area (Å²) in [5.41, 5.74) is 3.10. The molecule has 0 amide bonds. The van der Waals surface area contributed by atoms with Gasteiger partial charge in [0.15, 0.2) is 5.82 Å². The van der Waals surface area contributed by atoms with Crippen LogP contribution in [0.3, 0.4) is 0 Å². The van der Waals surface area contributed by atoms with Crippen LogP contribution in [0.5, 0.6) is 0 Å². The van der Waals surface area contributed by atoms with E-state index in [2.05, 4.69) is 32.1 Å². The van der Waals surface area contributed by atoms with Crippen molar-refractivity contribution in [1.82, 2.24) is 24.5 Å². The zero-order valence-corrected chi connectivity index (χ0v) is 18.4. The SMILES string of the molecule is CC1=C(c2ncnn2CC2CCCCC2)[C@@H](c2ccc(Cl)c(Cl)c2)n2nccc2N1. The minimum absolute atomic E-state index is 0.166. The zero-order valence-electron chi connectivity index (χ0n) is 16.9. The van der Waals surface area contributed by atoms with Gasteiger partial charge in [-0.25, -0.2) is 14.3 Å². The summed E-state index contributed by atoms with van der Waals surface area (Å²) < 4.78 is 4.04. The highest BCUT2D eigenvalue weighted by Gasteiger charge is 2.32. The number of nitrogens with zero attached hydrogens (tertiary/aromatic N) is 5. The van der Waals surface area contributed by atoms with Crippen LogP contribution in [0.1, 0.15) is 56.5 Å². The van der Waals surface area contributed by atoms with Crippen LogP contribution in [0.2, 0.25) is 10.0 Å². The predicted molar refractivity (Wildman–Crippen MR) is 120 cm³/mol. The van der Waals surface area contributed by atoms with Gasteiger partial charge in [0.25, 0.3) is 0 Å². The number of rotatable bonds is 4. The fourth-order valence-electron chi connectivity index (χ4n) is 4.71. The number of hydrogen-bond acceptors (Lipinski definition) is 4. The number of nitrogens with one attached hydrogen (secondary N) is 1. The second kappa shape index (κ2) is 8.08. The maximum absolute atomic E-state index is 6.38. The average Bonchev–Trinajstić information content (AvgIpc) is 3.39. The van der Waals surface area contributed by atoms with Gasteiger partial charge in [-0.3, -0.25) is 0 Å². The molecule has 30 heavy (non-hydrogen) atoms. The molecule has 1 aliphatic heterocycles. The Morgan fingerprint density at radius 1 is 1.07 bits per heavy atom. The smallest absolute Gasteiger partial charge is 0.158 e. The van der Waals surface area contributed by atoms with E-state index in [9.17, 15) is 0 Å². The quantitative estimate of drug-likeness (QED) is 0.553. The Labute approximate surface area is 185 Å². The van der Waals surface area contributed by atoms with Crippen molar-refractivity contribution >= 4 is 34.6 Å². The molecule has 0 radical (unpaired) electrons. The third-order valence-corrected chi connectivity index (χ3v) is 6.92. The number of allylic oxidation sites excluding steroid dienone is 2. The first-order chi connectivity index (χ1) is 14.6. The van der Waals surface area contributed by atoms with E-state index in [1.165, 1.54) is 32.1 Å². The summed E-state index contributed by atoms with van der Waals surface area (Å²) >= 11 is 12.6. The highest BCUT2D eigenvalue weighted by atomic mass is 35.5. The number of halogens is 2. The Morgan fingerprint density at radius 2 is 1.90 bits per heavy atom. The molecule has 8 heteroatoms. The van der Waals surface area contributed by atoms with Crippen molar-refractivity contribution in [3.63, 3.8) is 0 Å². The Balaban J connectivity index is 1.59. The molecule has 2 aromatic heterocycles. The highest BCUT2D eigenvalue weighted by molar-refractivity contribution is 6.42. The number of anilines is 1. The van der Waals surface area contributed by atoms with Crippen LogP contribution in [-0.2, 0) is 6.54 Å². The Morgan fingerprint density at radius 3 is 2.70 bits per heavy atom. The lowest BCUT2D eigenvalue weighted by molar-refractivity contribution is 0.306. The Bertz CT molecular complexity index is 1090. The monoisotopic (exact) mass is 442 g/mol. The van der Waals surface area contributed by atoms with Crippen molar-refractivity contribution in [3.8, 4) is 0 Å². The maximum atomic E-state index is 6.38. The van der Waals surface area contributed by atoms with E-state index in [1.54, 1.807) is 12.5 Å². The second-order valence-electron chi connectivity index (χ2n) is 8.17. The first kappa shape index (κ1) is 19.6. The minimum atomic E-state index is -0.166. The summed E-state index contributed by atoms with van der Waals surface area (Å²) in [5, 5.41) is 13.7. The largest absolute Gasteiger partial charge is 0.344 e. The minimum Gasteiger partial charge on any atom is -0.344 e. The van der Waals surface area contributed by atoms with Crippen molar-refractivity contribution in [2.75, 3.05) is 5.32 Å². The van der Waals surface area contributed by atoms with Crippen LogP contribution in [0.15, 0.2) is 42.5 Å². The summed E-state index contributed by atoms with van der Waals surface area (Å²) in [6.07, 6.45) is 9.93. The van der Waals surface area contributed by atoms with Crippen molar-refractivity contribution in [3.05, 3.63) is 63.9 Å². The van der Waals surface area contributed by atoms with Gasteiger partial charge in [0.1, 0.15) is 18.2 Å². The van der Waals surface area contributed by atoms with Crippen LogP contribution in [0, 0.1) is 5.92 Å². The number of aromatic nitrogens is 5. The Hall–Kier alpha value is -2.31. The first-order valence-corrected chi connectivity index (χ1v) is 11.2. The molecule has 3 heterocycles. The number of fused-ring (bicyclic) bond motifs is 1. The zero-order chi connectivity index (χ0) is 20.7. The molecule has 6 nitrogen and oxygen atoms in total. The standard InChI is InChI=1S/C22H24Cl2N6/c1-14-20(22-25-13-27-29(22)12-15-5-3-2-4-6-15)21(30-19(28-14)9-10-26-30)16-7-8-17(23)18(24)11-16/h7-11,13,15,21,28H,2-6,12H2,1H3/t21-/m1/s1. The molecule has 1 atom stereocenters. The molecule has 5 rings (SSSR count). The topological polar surface area (TPSA) is 60.6 Å². The lowest BCUT2D eigenvalue weighted by Crippen LogP contribution is -2.26. The molecule has 3 aromatic rings. The van der Waals surface area contributed by atoms with E-state index in [-0.39, 0.29) is 6.04 Å². The normalized spacial score (nSPS) is 19.6. The lowest BCUT2D eigenvalue weighted by atomic mass is 9.89. The summed E-state index contributed by atoms with van der Waals surface area (Å²) in [5.74, 6) is 2.47.